The van der Waals surface area contributed by atoms with Crippen LogP contribution in [0.15, 0.2) is 48.5 Å². The average Bonchev–Trinajstić information content (AvgIpc) is 2.58. The number of hydrogen-bond acceptors (Lipinski definition) is 2. The minimum Gasteiger partial charge on any atom is -0.481 e. The van der Waals surface area contributed by atoms with Crippen molar-refractivity contribution in [3.8, 4) is 5.75 Å². The number of benzene rings is 2. The Bertz CT molecular complexity index is 634. The smallest absolute Gasteiger partial charge is 0.261 e. The molecule has 3 nitrogen and oxygen atoms in total. The van der Waals surface area contributed by atoms with Crippen LogP contribution in [0.1, 0.15) is 37.0 Å². The molecule has 1 N–H and O–H groups in total. The Morgan fingerprint density at radius 2 is 1.83 bits per heavy atom. The van der Waals surface area contributed by atoms with Crippen molar-refractivity contribution in [2.24, 2.45) is 0 Å². The van der Waals surface area contributed by atoms with Crippen molar-refractivity contribution in [2.45, 2.75) is 46.3 Å². The molecular weight excluding hydrogens is 286 g/mol. The van der Waals surface area contributed by atoms with Crippen molar-refractivity contribution in [3.05, 3.63) is 65.2 Å². The summed E-state index contributed by atoms with van der Waals surface area (Å²) in [5.74, 6) is 0.660. The SMILES string of the molecule is CCc1ccc(O[C@@H](CC)C(=O)NCc2cccc(C)c2)cc1. The topological polar surface area (TPSA) is 38.3 Å². The van der Waals surface area contributed by atoms with Crippen LogP contribution in [0, 0.1) is 6.92 Å². The van der Waals surface area contributed by atoms with Crippen molar-refractivity contribution in [3.63, 3.8) is 0 Å². The molecule has 0 fully saturated rings. The van der Waals surface area contributed by atoms with Crippen LogP contribution in [0.2, 0.25) is 0 Å². The third kappa shape index (κ3) is 5.13. The lowest BCUT2D eigenvalue weighted by Gasteiger charge is -2.17. The van der Waals surface area contributed by atoms with Gasteiger partial charge in [-0.05, 0) is 43.0 Å². The highest BCUT2D eigenvalue weighted by Crippen LogP contribution is 2.15. The first-order valence-electron chi connectivity index (χ1n) is 8.21. The fourth-order valence-corrected chi connectivity index (χ4v) is 2.42. The number of rotatable bonds is 7. The van der Waals surface area contributed by atoms with E-state index in [1.807, 2.05) is 56.3 Å². The fraction of sp³-hybridized carbons (Fsp3) is 0.350. The first-order valence-corrected chi connectivity index (χ1v) is 8.21. The van der Waals surface area contributed by atoms with Gasteiger partial charge in [-0.1, -0.05) is 55.8 Å². The first kappa shape index (κ1) is 17.1. The lowest BCUT2D eigenvalue weighted by molar-refractivity contribution is -0.128. The number of carbonyl (C=O) groups excluding carboxylic acids is 1. The molecule has 122 valence electrons. The molecule has 0 saturated carbocycles. The lowest BCUT2D eigenvalue weighted by atomic mass is 10.1. The molecule has 0 heterocycles. The molecular formula is C20H25NO2. The van der Waals surface area contributed by atoms with Crippen LogP contribution in [0.3, 0.4) is 0 Å². The lowest BCUT2D eigenvalue weighted by Crippen LogP contribution is -2.37. The van der Waals surface area contributed by atoms with Crippen LogP contribution in [0.25, 0.3) is 0 Å². The third-order valence-electron chi connectivity index (χ3n) is 3.82. The maximum absolute atomic E-state index is 12.3. The van der Waals surface area contributed by atoms with Crippen molar-refractivity contribution in [1.82, 2.24) is 5.32 Å². The minimum absolute atomic E-state index is 0.0754. The van der Waals surface area contributed by atoms with Gasteiger partial charge in [0.1, 0.15) is 5.75 Å². The monoisotopic (exact) mass is 311 g/mol. The third-order valence-corrected chi connectivity index (χ3v) is 3.82. The minimum atomic E-state index is -0.465. The number of ether oxygens (including phenoxy) is 1. The van der Waals surface area contributed by atoms with E-state index >= 15 is 0 Å². The molecule has 2 rings (SSSR count). The van der Waals surface area contributed by atoms with Gasteiger partial charge in [0.25, 0.3) is 5.91 Å². The summed E-state index contributed by atoms with van der Waals surface area (Å²) in [6.45, 7) is 6.64. The van der Waals surface area contributed by atoms with Gasteiger partial charge in [0.15, 0.2) is 6.10 Å². The number of nitrogens with one attached hydrogen (secondary N) is 1. The quantitative estimate of drug-likeness (QED) is 0.838. The van der Waals surface area contributed by atoms with E-state index in [2.05, 4.69) is 18.3 Å². The van der Waals surface area contributed by atoms with Crippen molar-refractivity contribution >= 4 is 5.91 Å². The average molecular weight is 311 g/mol. The largest absolute Gasteiger partial charge is 0.481 e. The number of carbonyl (C=O) groups is 1. The maximum Gasteiger partial charge on any atom is 0.261 e. The van der Waals surface area contributed by atoms with E-state index in [0.29, 0.717) is 13.0 Å². The zero-order valence-electron chi connectivity index (χ0n) is 14.1. The fourth-order valence-electron chi connectivity index (χ4n) is 2.42. The Morgan fingerprint density at radius 1 is 1.09 bits per heavy atom. The number of aryl methyl sites for hydroxylation is 2. The summed E-state index contributed by atoms with van der Waals surface area (Å²) in [4.78, 5) is 12.3. The van der Waals surface area contributed by atoms with Gasteiger partial charge in [-0.3, -0.25) is 4.79 Å². The Morgan fingerprint density at radius 3 is 2.43 bits per heavy atom. The molecule has 2 aromatic rings. The van der Waals surface area contributed by atoms with E-state index in [0.717, 1.165) is 17.7 Å². The Hall–Kier alpha value is -2.29. The molecule has 23 heavy (non-hydrogen) atoms. The molecule has 2 aromatic carbocycles. The van der Waals surface area contributed by atoms with Gasteiger partial charge in [0.05, 0.1) is 0 Å². The zero-order chi connectivity index (χ0) is 16.7. The van der Waals surface area contributed by atoms with Crippen LogP contribution in [0.4, 0.5) is 0 Å². The Labute approximate surface area is 138 Å². The highest BCUT2D eigenvalue weighted by atomic mass is 16.5. The van der Waals surface area contributed by atoms with Gasteiger partial charge in [0, 0.05) is 6.54 Å². The van der Waals surface area contributed by atoms with Gasteiger partial charge in [-0.2, -0.15) is 0 Å². The Balaban J connectivity index is 1.92. The van der Waals surface area contributed by atoms with E-state index in [4.69, 9.17) is 4.74 Å². The van der Waals surface area contributed by atoms with Crippen molar-refractivity contribution in [2.75, 3.05) is 0 Å². The predicted octanol–water partition coefficient (Wildman–Crippen LogP) is 4.03. The van der Waals surface area contributed by atoms with Gasteiger partial charge in [-0.15, -0.1) is 0 Å². The predicted molar refractivity (Wildman–Crippen MR) is 93.6 cm³/mol. The van der Waals surface area contributed by atoms with Crippen LogP contribution in [-0.4, -0.2) is 12.0 Å². The molecule has 0 spiro atoms. The summed E-state index contributed by atoms with van der Waals surface area (Å²) in [6.07, 6.45) is 1.16. The van der Waals surface area contributed by atoms with Gasteiger partial charge in [0.2, 0.25) is 0 Å². The number of amides is 1. The highest BCUT2D eigenvalue weighted by molar-refractivity contribution is 5.81. The van der Waals surface area contributed by atoms with Crippen LogP contribution in [0.5, 0.6) is 5.75 Å². The van der Waals surface area contributed by atoms with E-state index in [1.165, 1.54) is 11.1 Å². The number of hydrogen-bond donors (Lipinski definition) is 1. The van der Waals surface area contributed by atoms with Gasteiger partial charge >= 0.3 is 0 Å². The van der Waals surface area contributed by atoms with Gasteiger partial charge < -0.3 is 10.1 Å². The molecule has 0 aromatic heterocycles. The highest BCUT2D eigenvalue weighted by Gasteiger charge is 2.17. The van der Waals surface area contributed by atoms with E-state index in [9.17, 15) is 4.79 Å². The molecule has 0 aliphatic rings. The van der Waals surface area contributed by atoms with E-state index in [-0.39, 0.29) is 5.91 Å². The van der Waals surface area contributed by atoms with Gasteiger partial charge in [-0.25, -0.2) is 0 Å². The van der Waals surface area contributed by atoms with Crippen LogP contribution in [-0.2, 0) is 17.8 Å². The van der Waals surface area contributed by atoms with E-state index in [1.54, 1.807) is 0 Å². The normalized spacial score (nSPS) is 11.8. The summed E-state index contributed by atoms with van der Waals surface area (Å²) >= 11 is 0. The van der Waals surface area contributed by atoms with E-state index < -0.39 is 6.10 Å². The van der Waals surface area contributed by atoms with Crippen LogP contribution >= 0.6 is 0 Å². The summed E-state index contributed by atoms with van der Waals surface area (Å²) in [7, 11) is 0. The second kappa shape index (κ2) is 8.37. The molecule has 0 unspecified atom stereocenters. The maximum atomic E-state index is 12.3. The molecule has 1 amide bonds. The second-order valence-corrected chi connectivity index (χ2v) is 5.72. The zero-order valence-corrected chi connectivity index (χ0v) is 14.1. The molecule has 0 aliphatic heterocycles. The molecule has 0 aliphatic carbocycles. The molecule has 3 heteroatoms. The standard InChI is InChI=1S/C20H25NO2/c1-4-16-9-11-18(12-10-16)23-19(5-2)20(22)21-14-17-8-6-7-15(3)13-17/h6-13,19H,4-5,14H2,1-3H3,(H,21,22)/t19-/m0/s1. The molecule has 0 radical (unpaired) electrons. The first-order chi connectivity index (χ1) is 11.1. The summed E-state index contributed by atoms with van der Waals surface area (Å²) < 4.78 is 5.83. The van der Waals surface area contributed by atoms with Crippen molar-refractivity contribution < 1.29 is 9.53 Å². The summed E-state index contributed by atoms with van der Waals surface area (Å²) in [5.41, 5.74) is 3.55. The van der Waals surface area contributed by atoms with Crippen molar-refractivity contribution in [1.29, 1.82) is 0 Å². The molecule has 0 bridgehead atoms. The summed E-state index contributed by atoms with van der Waals surface area (Å²) in [5, 5.41) is 2.96. The molecule has 0 saturated heterocycles. The van der Waals surface area contributed by atoms with Crippen LogP contribution < -0.4 is 10.1 Å². The Kier molecular flexibility index (Phi) is 6.21. The second-order valence-electron chi connectivity index (χ2n) is 5.72. The summed E-state index contributed by atoms with van der Waals surface area (Å²) in [6, 6.07) is 16.1. The molecule has 1 atom stereocenters.